The van der Waals surface area contributed by atoms with E-state index in [0.717, 1.165) is 10.8 Å². The molecule has 0 aliphatic rings. The molecule has 0 bridgehead atoms. The van der Waals surface area contributed by atoms with E-state index in [4.69, 9.17) is 16.3 Å². The molecule has 0 radical (unpaired) electrons. The average Bonchev–Trinajstić information content (AvgIpc) is 2.56. The number of anilines is 1. The third kappa shape index (κ3) is 3.63. The average molecular weight is 326 g/mol. The Labute approximate surface area is 139 Å². The van der Waals surface area contributed by atoms with Gasteiger partial charge in [-0.05, 0) is 42.0 Å². The topological polar surface area (TPSA) is 38.3 Å². The van der Waals surface area contributed by atoms with E-state index >= 15 is 0 Å². The predicted octanol–water partition coefficient (Wildman–Crippen LogP) is 4.90. The fraction of sp³-hybridized carbons (Fsp3) is 0.105. The van der Waals surface area contributed by atoms with Crippen LogP contribution in [0.2, 0.25) is 5.02 Å². The fourth-order valence-corrected chi connectivity index (χ4v) is 2.48. The first-order valence-electron chi connectivity index (χ1n) is 7.34. The molecule has 1 N–H and O–H groups in total. The molecule has 1 amide bonds. The minimum Gasteiger partial charge on any atom is -0.481 e. The highest BCUT2D eigenvalue weighted by Gasteiger charge is 2.16. The molecule has 0 heterocycles. The van der Waals surface area contributed by atoms with Crippen LogP contribution in [0, 0.1) is 0 Å². The molecule has 0 unspecified atom stereocenters. The Morgan fingerprint density at radius 1 is 1.00 bits per heavy atom. The van der Waals surface area contributed by atoms with Crippen LogP contribution in [-0.2, 0) is 4.79 Å². The largest absolute Gasteiger partial charge is 0.481 e. The van der Waals surface area contributed by atoms with E-state index in [-0.39, 0.29) is 5.91 Å². The number of nitrogens with one attached hydrogen (secondary N) is 1. The molecular weight excluding hydrogens is 310 g/mol. The number of hydrogen-bond acceptors (Lipinski definition) is 2. The van der Waals surface area contributed by atoms with Crippen LogP contribution < -0.4 is 10.1 Å². The quantitative estimate of drug-likeness (QED) is 0.741. The van der Waals surface area contributed by atoms with E-state index in [1.54, 1.807) is 19.1 Å². The Morgan fingerprint density at radius 2 is 1.70 bits per heavy atom. The van der Waals surface area contributed by atoms with Crippen LogP contribution in [0.15, 0.2) is 66.7 Å². The van der Waals surface area contributed by atoms with Crippen LogP contribution in [0.1, 0.15) is 6.92 Å². The van der Waals surface area contributed by atoms with E-state index in [1.807, 2.05) is 54.6 Å². The Hall–Kier alpha value is -2.52. The Kier molecular flexibility index (Phi) is 4.49. The molecule has 0 spiro atoms. The van der Waals surface area contributed by atoms with Crippen LogP contribution in [-0.4, -0.2) is 12.0 Å². The number of carbonyl (C=O) groups excluding carboxylic acids is 1. The Morgan fingerprint density at radius 3 is 2.48 bits per heavy atom. The second-order valence-corrected chi connectivity index (χ2v) is 5.65. The molecule has 0 aliphatic carbocycles. The van der Waals surface area contributed by atoms with Gasteiger partial charge in [0.1, 0.15) is 5.75 Å². The van der Waals surface area contributed by atoms with Crippen molar-refractivity contribution in [2.75, 3.05) is 5.32 Å². The number of fused-ring (bicyclic) bond motifs is 1. The Balaban J connectivity index is 1.71. The third-order valence-electron chi connectivity index (χ3n) is 3.53. The fourth-order valence-electron chi connectivity index (χ4n) is 2.30. The second kappa shape index (κ2) is 6.71. The number of ether oxygens (including phenoxy) is 1. The van der Waals surface area contributed by atoms with Crippen molar-refractivity contribution in [2.24, 2.45) is 0 Å². The van der Waals surface area contributed by atoms with Gasteiger partial charge in [0, 0.05) is 0 Å². The summed E-state index contributed by atoms with van der Waals surface area (Å²) in [4.78, 5) is 12.2. The van der Waals surface area contributed by atoms with Gasteiger partial charge >= 0.3 is 0 Å². The summed E-state index contributed by atoms with van der Waals surface area (Å²) in [6, 6.07) is 20.9. The van der Waals surface area contributed by atoms with Gasteiger partial charge in [-0.1, -0.05) is 54.1 Å². The van der Waals surface area contributed by atoms with Gasteiger partial charge in [-0.25, -0.2) is 0 Å². The van der Waals surface area contributed by atoms with E-state index in [1.165, 1.54) is 0 Å². The molecule has 4 heteroatoms. The summed E-state index contributed by atoms with van der Waals surface area (Å²) in [5.74, 6) is 0.414. The van der Waals surface area contributed by atoms with E-state index < -0.39 is 6.10 Å². The lowest BCUT2D eigenvalue weighted by atomic mass is 10.1. The molecule has 0 fully saturated rings. The van der Waals surface area contributed by atoms with Gasteiger partial charge in [0.25, 0.3) is 5.91 Å². The van der Waals surface area contributed by atoms with Gasteiger partial charge in [-0.15, -0.1) is 0 Å². The van der Waals surface area contributed by atoms with Gasteiger partial charge in [0.15, 0.2) is 6.10 Å². The van der Waals surface area contributed by atoms with Crippen molar-refractivity contribution in [3.63, 3.8) is 0 Å². The van der Waals surface area contributed by atoms with Crippen LogP contribution in [0.4, 0.5) is 5.69 Å². The summed E-state index contributed by atoms with van der Waals surface area (Å²) in [7, 11) is 0. The molecule has 3 aromatic rings. The zero-order valence-corrected chi connectivity index (χ0v) is 13.4. The lowest BCUT2D eigenvalue weighted by Gasteiger charge is -2.15. The maximum atomic E-state index is 12.2. The van der Waals surface area contributed by atoms with Crippen molar-refractivity contribution >= 4 is 34.0 Å². The number of hydrogen-bond donors (Lipinski definition) is 1. The molecular formula is C19H16ClNO2. The standard InChI is InChI=1S/C19H16ClNO2/c1-13(19(22)21-18-9-5-4-8-17(18)20)23-16-11-10-14-6-2-3-7-15(14)12-16/h2-13H,1H3,(H,21,22)/t13-/m0/s1. The molecule has 3 aromatic carbocycles. The van der Waals surface area contributed by atoms with Crippen molar-refractivity contribution in [2.45, 2.75) is 13.0 Å². The van der Waals surface area contributed by atoms with Gasteiger partial charge in [0.2, 0.25) is 0 Å². The van der Waals surface area contributed by atoms with Crippen molar-refractivity contribution in [3.05, 3.63) is 71.8 Å². The first-order chi connectivity index (χ1) is 11.1. The lowest BCUT2D eigenvalue weighted by Crippen LogP contribution is -2.30. The van der Waals surface area contributed by atoms with Crippen LogP contribution in [0.3, 0.4) is 0 Å². The molecule has 23 heavy (non-hydrogen) atoms. The monoisotopic (exact) mass is 325 g/mol. The van der Waals surface area contributed by atoms with Crippen LogP contribution in [0.5, 0.6) is 5.75 Å². The van der Waals surface area contributed by atoms with Gasteiger partial charge in [-0.2, -0.15) is 0 Å². The first-order valence-corrected chi connectivity index (χ1v) is 7.72. The number of carbonyl (C=O) groups is 1. The number of benzene rings is 3. The number of amides is 1. The molecule has 0 aliphatic heterocycles. The lowest BCUT2D eigenvalue weighted by molar-refractivity contribution is -0.122. The molecule has 0 saturated carbocycles. The molecule has 0 saturated heterocycles. The first kappa shape index (κ1) is 15.4. The zero-order valence-electron chi connectivity index (χ0n) is 12.6. The van der Waals surface area contributed by atoms with E-state index in [2.05, 4.69) is 5.32 Å². The van der Waals surface area contributed by atoms with E-state index in [0.29, 0.717) is 16.5 Å². The third-order valence-corrected chi connectivity index (χ3v) is 3.86. The van der Waals surface area contributed by atoms with Gasteiger partial charge in [-0.3, -0.25) is 4.79 Å². The smallest absolute Gasteiger partial charge is 0.265 e. The van der Waals surface area contributed by atoms with Crippen LogP contribution >= 0.6 is 11.6 Å². The Bertz CT molecular complexity index is 847. The summed E-state index contributed by atoms with van der Waals surface area (Å²) in [6.07, 6.45) is -0.632. The zero-order chi connectivity index (χ0) is 16.2. The summed E-state index contributed by atoms with van der Waals surface area (Å²) >= 11 is 6.04. The normalized spacial score (nSPS) is 11.9. The van der Waals surface area contributed by atoms with Gasteiger partial charge < -0.3 is 10.1 Å². The highest BCUT2D eigenvalue weighted by molar-refractivity contribution is 6.33. The SMILES string of the molecule is C[C@H](Oc1ccc2ccccc2c1)C(=O)Nc1ccccc1Cl. The summed E-state index contributed by atoms with van der Waals surface area (Å²) in [5, 5.41) is 5.48. The minimum absolute atomic E-state index is 0.244. The number of halogens is 1. The van der Waals surface area contributed by atoms with Crippen LogP contribution in [0.25, 0.3) is 10.8 Å². The molecule has 0 aromatic heterocycles. The van der Waals surface area contributed by atoms with Crippen molar-refractivity contribution < 1.29 is 9.53 Å². The molecule has 3 rings (SSSR count). The maximum absolute atomic E-state index is 12.2. The highest BCUT2D eigenvalue weighted by Crippen LogP contribution is 2.23. The molecule has 116 valence electrons. The highest BCUT2D eigenvalue weighted by atomic mass is 35.5. The summed E-state index contributed by atoms with van der Waals surface area (Å²) in [6.45, 7) is 1.71. The predicted molar refractivity (Wildman–Crippen MR) is 94.1 cm³/mol. The number of rotatable bonds is 4. The number of para-hydroxylation sites is 1. The molecule has 1 atom stereocenters. The summed E-state index contributed by atoms with van der Waals surface area (Å²) < 4.78 is 5.74. The van der Waals surface area contributed by atoms with Crippen molar-refractivity contribution in [3.8, 4) is 5.75 Å². The van der Waals surface area contributed by atoms with Gasteiger partial charge in [0.05, 0.1) is 10.7 Å². The maximum Gasteiger partial charge on any atom is 0.265 e. The molecule has 3 nitrogen and oxygen atoms in total. The van der Waals surface area contributed by atoms with Crippen molar-refractivity contribution in [1.29, 1.82) is 0 Å². The van der Waals surface area contributed by atoms with Crippen molar-refractivity contribution in [1.82, 2.24) is 0 Å². The second-order valence-electron chi connectivity index (χ2n) is 5.24. The minimum atomic E-state index is -0.632. The van der Waals surface area contributed by atoms with E-state index in [9.17, 15) is 4.79 Å². The summed E-state index contributed by atoms with van der Waals surface area (Å²) in [5.41, 5.74) is 0.577.